The monoisotopic (exact) mass is 577 g/mol. The van der Waals surface area contributed by atoms with Gasteiger partial charge in [-0.2, -0.15) is 0 Å². The van der Waals surface area contributed by atoms with E-state index in [1.807, 2.05) is 0 Å². The van der Waals surface area contributed by atoms with Crippen molar-refractivity contribution >= 4 is 27.8 Å². The van der Waals surface area contributed by atoms with Gasteiger partial charge in [-0.3, -0.25) is 0 Å². The number of hydrogen-bond donors (Lipinski definition) is 0. The van der Waals surface area contributed by atoms with Crippen molar-refractivity contribution in [2.24, 2.45) is 0 Å². The van der Waals surface area contributed by atoms with Gasteiger partial charge in [0, 0.05) is 33.8 Å². The third-order valence-corrected chi connectivity index (χ3v) is 9.63. The highest BCUT2D eigenvalue weighted by Gasteiger charge is 2.38. The maximum Gasteiger partial charge on any atom is 0.137 e. The fourth-order valence-electron chi connectivity index (χ4n) is 7.64. The molecule has 214 valence electrons. The largest absolute Gasteiger partial charge is 0.456 e. The fourth-order valence-corrected chi connectivity index (χ4v) is 7.64. The summed E-state index contributed by atoms with van der Waals surface area (Å²) in [6.07, 6.45) is 0. The Labute approximate surface area is 263 Å². The molecule has 2 heteroatoms. The minimum atomic E-state index is -0.148. The first-order valence-corrected chi connectivity index (χ1v) is 15.6. The highest BCUT2D eigenvalue weighted by molar-refractivity contribution is 6.10. The fraction of sp³-hybridized carbons (Fsp3) is 0.0698. The molecular weight excluding hydrogens is 546 g/mol. The molecule has 0 fully saturated rings. The van der Waals surface area contributed by atoms with E-state index in [1.54, 1.807) is 0 Å². The van der Waals surface area contributed by atoms with E-state index < -0.39 is 0 Å². The molecule has 0 unspecified atom stereocenters. The first-order valence-electron chi connectivity index (χ1n) is 15.6. The molecule has 7 aromatic carbocycles. The molecule has 1 aliphatic heterocycles. The zero-order chi connectivity index (χ0) is 30.1. The van der Waals surface area contributed by atoms with Gasteiger partial charge >= 0.3 is 0 Å². The minimum Gasteiger partial charge on any atom is -0.456 e. The average Bonchev–Trinajstić information content (AvgIpc) is 3.33. The Morgan fingerprint density at radius 1 is 0.489 bits per heavy atom. The quantitative estimate of drug-likeness (QED) is 0.206. The van der Waals surface area contributed by atoms with Crippen molar-refractivity contribution < 1.29 is 4.74 Å². The Bertz CT molecular complexity index is 2270. The smallest absolute Gasteiger partial charge is 0.137 e. The first kappa shape index (κ1) is 25.9. The van der Waals surface area contributed by atoms with Gasteiger partial charge in [-0.1, -0.05) is 123 Å². The summed E-state index contributed by atoms with van der Waals surface area (Å²) in [6.45, 7) is 4.70. The Kier molecular flexibility index (Phi) is 5.58. The van der Waals surface area contributed by atoms with Crippen LogP contribution in [0.1, 0.15) is 25.0 Å². The van der Waals surface area contributed by atoms with E-state index in [1.165, 1.54) is 55.4 Å². The number of ether oxygens (including phenoxy) is 1. The van der Waals surface area contributed by atoms with Crippen LogP contribution in [0.25, 0.3) is 44.2 Å². The highest BCUT2D eigenvalue weighted by Crippen LogP contribution is 2.55. The van der Waals surface area contributed by atoms with Crippen LogP contribution in [0, 0.1) is 0 Å². The van der Waals surface area contributed by atoms with Crippen molar-refractivity contribution in [2.75, 3.05) is 4.90 Å². The Morgan fingerprint density at radius 2 is 1.18 bits per heavy atom. The van der Waals surface area contributed by atoms with E-state index in [-0.39, 0.29) is 5.41 Å². The van der Waals surface area contributed by atoms with Crippen molar-refractivity contribution in [1.82, 2.24) is 0 Å². The van der Waals surface area contributed by atoms with Crippen molar-refractivity contribution in [3.63, 3.8) is 0 Å². The van der Waals surface area contributed by atoms with Gasteiger partial charge in [0.2, 0.25) is 0 Å². The molecule has 1 heterocycles. The molecule has 0 saturated heterocycles. The standard InChI is InChI=1S/C43H31NO/c1-43(2)37-21-10-9-17-32(37)36-20-12-22-38(42(36)43)44(29-15-7-4-8-16-29)30-23-24-33-35-19-11-18-34-31(28-13-5-3-6-14-28)25-26-39(41(34)35)45-40(33)27-30/h3-27H,1-2H3. The number of anilines is 3. The maximum absolute atomic E-state index is 6.76. The van der Waals surface area contributed by atoms with Gasteiger partial charge in [0.25, 0.3) is 0 Å². The van der Waals surface area contributed by atoms with E-state index >= 15 is 0 Å². The summed E-state index contributed by atoms with van der Waals surface area (Å²) in [5.41, 5.74) is 13.3. The Balaban J connectivity index is 1.23. The number of nitrogens with zero attached hydrogens (tertiary/aromatic N) is 1. The predicted molar refractivity (Wildman–Crippen MR) is 187 cm³/mol. The van der Waals surface area contributed by atoms with Crippen LogP contribution in [0.4, 0.5) is 17.1 Å². The van der Waals surface area contributed by atoms with Crippen LogP contribution in [0.5, 0.6) is 11.5 Å². The molecule has 0 bridgehead atoms. The van der Waals surface area contributed by atoms with Crippen molar-refractivity contribution in [1.29, 1.82) is 0 Å². The lowest BCUT2D eigenvalue weighted by molar-refractivity contribution is 0.487. The van der Waals surface area contributed by atoms with Gasteiger partial charge in [0.1, 0.15) is 11.5 Å². The number of hydrogen-bond acceptors (Lipinski definition) is 2. The van der Waals surface area contributed by atoms with Crippen molar-refractivity contribution in [3.05, 3.63) is 163 Å². The van der Waals surface area contributed by atoms with Gasteiger partial charge in [-0.25, -0.2) is 0 Å². The molecular formula is C43H31NO. The number of fused-ring (bicyclic) bond motifs is 5. The van der Waals surface area contributed by atoms with Gasteiger partial charge < -0.3 is 9.64 Å². The molecule has 2 aliphatic rings. The summed E-state index contributed by atoms with van der Waals surface area (Å²) in [5.74, 6) is 1.77. The molecule has 0 atom stereocenters. The zero-order valence-corrected chi connectivity index (χ0v) is 25.3. The SMILES string of the molecule is CC1(C)c2ccccc2-c2cccc(N(c3ccccc3)c3ccc4c(c3)Oc3ccc(-c5ccccc5)c5cccc-4c35)c21. The van der Waals surface area contributed by atoms with Gasteiger partial charge in [-0.15, -0.1) is 0 Å². The topological polar surface area (TPSA) is 12.5 Å². The third-order valence-electron chi connectivity index (χ3n) is 9.63. The molecule has 0 amide bonds. The normalized spacial score (nSPS) is 13.5. The summed E-state index contributed by atoms with van der Waals surface area (Å²) >= 11 is 0. The van der Waals surface area contributed by atoms with Gasteiger partial charge in [0.05, 0.1) is 5.69 Å². The molecule has 0 aromatic heterocycles. The third kappa shape index (κ3) is 3.82. The molecule has 9 rings (SSSR count). The van der Waals surface area contributed by atoms with Gasteiger partial charge in [0.15, 0.2) is 0 Å². The second-order valence-corrected chi connectivity index (χ2v) is 12.5. The van der Waals surface area contributed by atoms with E-state index in [9.17, 15) is 0 Å². The van der Waals surface area contributed by atoms with Crippen LogP contribution < -0.4 is 9.64 Å². The van der Waals surface area contributed by atoms with Crippen LogP contribution in [0.2, 0.25) is 0 Å². The molecule has 1 aliphatic carbocycles. The molecule has 7 aromatic rings. The average molecular weight is 578 g/mol. The zero-order valence-electron chi connectivity index (χ0n) is 25.3. The Hall–Kier alpha value is -5.60. The number of para-hydroxylation sites is 1. The summed E-state index contributed by atoms with van der Waals surface area (Å²) in [5, 5.41) is 2.37. The Morgan fingerprint density at radius 3 is 2.02 bits per heavy atom. The molecule has 2 nitrogen and oxygen atoms in total. The second kappa shape index (κ2) is 9.70. The van der Waals surface area contributed by atoms with E-state index in [2.05, 4.69) is 170 Å². The van der Waals surface area contributed by atoms with Crippen molar-refractivity contribution in [3.8, 4) is 44.9 Å². The molecule has 45 heavy (non-hydrogen) atoms. The molecule has 0 radical (unpaired) electrons. The maximum atomic E-state index is 6.76. The van der Waals surface area contributed by atoms with E-state index in [4.69, 9.17) is 4.74 Å². The van der Waals surface area contributed by atoms with Crippen LogP contribution in [0.3, 0.4) is 0 Å². The molecule has 0 N–H and O–H groups in total. The van der Waals surface area contributed by atoms with E-state index in [0.29, 0.717) is 0 Å². The van der Waals surface area contributed by atoms with Crippen LogP contribution >= 0.6 is 0 Å². The lowest BCUT2D eigenvalue weighted by atomic mass is 9.81. The predicted octanol–water partition coefficient (Wildman–Crippen LogP) is 12.1. The lowest BCUT2D eigenvalue weighted by Gasteiger charge is -2.33. The minimum absolute atomic E-state index is 0.148. The first-order chi connectivity index (χ1) is 22.1. The number of benzene rings is 7. The lowest BCUT2D eigenvalue weighted by Crippen LogP contribution is -2.20. The van der Waals surface area contributed by atoms with Gasteiger partial charge in [-0.05, 0) is 80.7 Å². The number of rotatable bonds is 4. The second-order valence-electron chi connectivity index (χ2n) is 12.5. The highest BCUT2D eigenvalue weighted by atomic mass is 16.5. The van der Waals surface area contributed by atoms with E-state index in [0.717, 1.165) is 28.4 Å². The van der Waals surface area contributed by atoms with Crippen LogP contribution in [-0.2, 0) is 5.41 Å². The summed E-state index contributed by atoms with van der Waals surface area (Å²) in [7, 11) is 0. The van der Waals surface area contributed by atoms with Crippen LogP contribution in [0.15, 0.2) is 152 Å². The summed E-state index contributed by atoms with van der Waals surface area (Å²) < 4.78 is 6.76. The summed E-state index contributed by atoms with van der Waals surface area (Å²) in [6, 6.07) is 54.5. The van der Waals surface area contributed by atoms with Crippen LogP contribution in [-0.4, -0.2) is 0 Å². The molecule has 0 spiro atoms. The summed E-state index contributed by atoms with van der Waals surface area (Å²) in [4.78, 5) is 2.39. The molecule has 0 saturated carbocycles. The van der Waals surface area contributed by atoms with Crippen molar-refractivity contribution in [2.45, 2.75) is 19.3 Å².